The molecule has 5 heteroatoms. The highest BCUT2D eigenvalue weighted by Gasteiger charge is 2.23. The van der Waals surface area contributed by atoms with Gasteiger partial charge in [-0.1, -0.05) is 0 Å². The Morgan fingerprint density at radius 2 is 1.88 bits per heavy atom. The second kappa shape index (κ2) is 8.71. The molecule has 0 atom stereocenters. The van der Waals surface area contributed by atoms with Crippen molar-refractivity contribution in [1.82, 2.24) is 4.90 Å². The van der Waals surface area contributed by atoms with Crippen molar-refractivity contribution in [2.45, 2.75) is 52.1 Å². The van der Waals surface area contributed by atoms with Gasteiger partial charge in [-0.05, 0) is 57.2 Å². The minimum absolute atomic E-state index is 0.0734. The van der Waals surface area contributed by atoms with Crippen LogP contribution in [0, 0.1) is 0 Å². The molecule has 1 amide bonds. The number of benzene rings is 1. The van der Waals surface area contributed by atoms with E-state index in [0.29, 0.717) is 35.7 Å². The fourth-order valence-electron chi connectivity index (χ4n) is 3.18. The molecule has 5 nitrogen and oxygen atoms in total. The van der Waals surface area contributed by atoms with Crippen LogP contribution in [0.4, 0.5) is 0 Å². The molecule has 1 aromatic carbocycles. The molecule has 1 aromatic rings. The van der Waals surface area contributed by atoms with E-state index in [1.165, 1.54) is 12.8 Å². The van der Waals surface area contributed by atoms with Crippen molar-refractivity contribution in [2.75, 3.05) is 20.2 Å². The number of hydrogen-bond donors (Lipinski definition) is 0. The predicted octanol–water partition coefficient (Wildman–Crippen LogP) is 3.24. The summed E-state index contributed by atoms with van der Waals surface area (Å²) in [4.78, 5) is 25.6. The smallest absolute Gasteiger partial charge is 0.254 e. The van der Waals surface area contributed by atoms with E-state index in [9.17, 15) is 9.59 Å². The Labute approximate surface area is 143 Å². The third-order valence-electron chi connectivity index (χ3n) is 4.57. The van der Waals surface area contributed by atoms with Crippen LogP contribution in [0.15, 0.2) is 12.1 Å². The van der Waals surface area contributed by atoms with E-state index in [1.54, 1.807) is 24.1 Å². The van der Waals surface area contributed by atoms with Gasteiger partial charge < -0.3 is 19.2 Å². The zero-order valence-corrected chi connectivity index (χ0v) is 14.8. The molecule has 0 unspecified atom stereocenters. The van der Waals surface area contributed by atoms with Crippen molar-refractivity contribution in [1.29, 1.82) is 0 Å². The minimum atomic E-state index is -0.0734. The first-order valence-electron chi connectivity index (χ1n) is 8.75. The molecule has 0 aliphatic heterocycles. The molecule has 1 saturated carbocycles. The zero-order chi connectivity index (χ0) is 17.5. The van der Waals surface area contributed by atoms with Gasteiger partial charge in [-0.25, -0.2) is 0 Å². The molecule has 24 heavy (non-hydrogen) atoms. The Kier molecular flexibility index (Phi) is 6.64. The van der Waals surface area contributed by atoms with Gasteiger partial charge in [-0.2, -0.15) is 0 Å². The Hall–Kier alpha value is -2.04. The molecule has 1 aliphatic carbocycles. The topological polar surface area (TPSA) is 55.8 Å². The molecule has 0 N–H and O–H groups in total. The summed E-state index contributed by atoms with van der Waals surface area (Å²) >= 11 is 0. The van der Waals surface area contributed by atoms with Crippen LogP contribution < -0.4 is 9.47 Å². The minimum Gasteiger partial charge on any atom is -0.493 e. The first-order valence-corrected chi connectivity index (χ1v) is 8.75. The van der Waals surface area contributed by atoms with Crippen LogP contribution in [0.2, 0.25) is 0 Å². The fraction of sp³-hybridized carbons (Fsp3) is 0.579. The second-order valence-electron chi connectivity index (χ2n) is 6.03. The highest BCUT2D eigenvalue weighted by molar-refractivity contribution is 5.97. The van der Waals surface area contributed by atoms with Crippen LogP contribution in [-0.2, 0) is 11.2 Å². The van der Waals surface area contributed by atoms with Gasteiger partial charge in [0.05, 0.1) is 13.2 Å². The van der Waals surface area contributed by atoms with E-state index in [1.807, 2.05) is 13.8 Å². The summed E-state index contributed by atoms with van der Waals surface area (Å²) in [7, 11) is 1.58. The van der Waals surface area contributed by atoms with Crippen LogP contribution in [0.3, 0.4) is 0 Å². The zero-order valence-electron chi connectivity index (χ0n) is 14.8. The maximum absolute atomic E-state index is 12.8. The van der Waals surface area contributed by atoms with Crippen molar-refractivity contribution >= 4 is 12.2 Å². The quantitative estimate of drug-likeness (QED) is 0.685. The van der Waals surface area contributed by atoms with Crippen molar-refractivity contribution in [2.24, 2.45) is 0 Å². The van der Waals surface area contributed by atoms with E-state index in [2.05, 4.69) is 0 Å². The average molecular weight is 333 g/mol. The molecular formula is C19H27NO4. The summed E-state index contributed by atoms with van der Waals surface area (Å²) in [5.41, 5.74) is 1.21. The maximum Gasteiger partial charge on any atom is 0.254 e. The van der Waals surface area contributed by atoms with Crippen LogP contribution in [0.1, 0.15) is 55.5 Å². The molecule has 0 radical (unpaired) electrons. The van der Waals surface area contributed by atoms with Crippen LogP contribution in [0.25, 0.3) is 0 Å². The maximum atomic E-state index is 12.8. The van der Waals surface area contributed by atoms with Gasteiger partial charge in [-0.3, -0.25) is 4.79 Å². The number of carbonyl (C=O) groups excluding carboxylic acids is 2. The van der Waals surface area contributed by atoms with Crippen LogP contribution in [0.5, 0.6) is 11.5 Å². The number of nitrogens with zero attached hydrogens (tertiary/aromatic N) is 1. The van der Waals surface area contributed by atoms with E-state index >= 15 is 0 Å². The standard InChI is InChI=1S/C19H27NO4/c1-4-20(5-2)19(22)16-13-18(24-15-8-6-7-9-15)17(23-3)12-14(16)10-11-21/h11-13,15H,4-10H2,1-3H3. The summed E-state index contributed by atoms with van der Waals surface area (Å²) < 4.78 is 11.5. The van der Waals surface area contributed by atoms with Crippen LogP contribution >= 0.6 is 0 Å². The van der Waals surface area contributed by atoms with Crippen molar-refractivity contribution in [3.63, 3.8) is 0 Å². The van der Waals surface area contributed by atoms with Crippen molar-refractivity contribution in [3.05, 3.63) is 23.3 Å². The summed E-state index contributed by atoms with van der Waals surface area (Å²) in [6.45, 7) is 5.14. The largest absolute Gasteiger partial charge is 0.493 e. The number of carbonyl (C=O) groups is 2. The van der Waals surface area contributed by atoms with Gasteiger partial charge in [-0.15, -0.1) is 0 Å². The Bertz CT molecular complexity index is 575. The highest BCUT2D eigenvalue weighted by Crippen LogP contribution is 2.35. The Morgan fingerprint density at radius 1 is 1.21 bits per heavy atom. The van der Waals surface area contributed by atoms with Gasteiger partial charge in [0.25, 0.3) is 5.91 Å². The lowest BCUT2D eigenvalue weighted by Gasteiger charge is -2.22. The molecule has 0 bridgehead atoms. The fourth-order valence-corrected chi connectivity index (χ4v) is 3.18. The molecule has 0 saturated heterocycles. The first-order chi connectivity index (χ1) is 11.6. The monoisotopic (exact) mass is 333 g/mol. The number of methoxy groups -OCH3 is 1. The van der Waals surface area contributed by atoms with Crippen molar-refractivity contribution < 1.29 is 19.1 Å². The molecule has 0 aromatic heterocycles. The third kappa shape index (κ3) is 4.08. The van der Waals surface area contributed by atoms with E-state index in [-0.39, 0.29) is 18.4 Å². The Morgan fingerprint density at radius 3 is 2.42 bits per heavy atom. The molecule has 0 heterocycles. The summed E-state index contributed by atoms with van der Waals surface area (Å²) in [5.74, 6) is 1.10. The lowest BCUT2D eigenvalue weighted by molar-refractivity contribution is -0.107. The molecule has 0 spiro atoms. The van der Waals surface area contributed by atoms with Gasteiger partial charge in [0, 0.05) is 25.1 Å². The summed E-state index contributed by atoms with van der Waals surface area (Å²) in [5, 5.41) is 0. The number of aldehydes is 1. The van der Waals surface area contributed by atoms with Gasteiger partial charge >= 0.3 is 0 Å². The van der Waals surface area contributed by atoms with Crippen LogP contribution in [-0.4, -0.2) is 43.4 Å². The van der Waals surface area contributed by atoms with E-state index in [4.69, 9.17) is 9.47 Å². The molecule has 2 rings (SSSR count). The van der Waals surface area contributed by atoms with Gasteiger partial charge in [0.1, 0.15) is 6.29 Å². The molecule has 1 fully saturated rings. The number of hydrogen-bond acceptors (Lipinski definition) is 4. The second-order valence-corrected chi connectivity index (χ2v) is 6.03. The average Bonchev–Trinajstić information content (AvgIpc) is 3.10. The van der Waals surface area contributed by atoms with Crippen molar-refractivity contribution in [3.8, 4) is 11.5 Å². The summed E-state index contributed by atoms with van der Waals surface area (Å²) in [6, 6.07) is 3.51. The number of amides is 1. The normalized spacial score (nSPS) is 14.5. The number of rotatable bonds is 8. The SMILES string of the molecule is CCN(CC)C(=O)c1cc(OC2CCCC2)c(OC)cc1CC=O. The third-order valence-corrected chi connectivity index (χ3v) is 4.57. The first kappa shape index (κ1) is 18.3. The van der Waals surface area contributed by atoms with E-state index < -0.39 is 0 Å². The van der Waals surface area contributed by atoms with Gasteiger partial charge in [0.2, 0.25) is 0 Å². The lowest BCUT2D eigenvalue weighted by atomic mass is 10.0. The molecular weight excluding hydrogens is 306 g/mol. The summed E-state index contributed by atoms with van der Waals surface area (Å²) in [6.07, 6.45) is 5.56. The number of ether oxygens (including phenoxy) is 2. The highest BCUT2D eigenvalue weighted by atomic mass is 16.5. The molecule has 132 valence electrons. The predicted molar refractivity (Wildman–Crippen MR) is 92.9 cm³/mol. The molecule has 1 aliphatic rings. The lowest BCUT2D eigenvalue weighted by Crippen LogP contribution is -2.31. The van der Waals surface area contributed by atoms with E-state index in [0.717, 1.165) is 19.1 Å². The Balaban J connectivity index is 2.41. The van der Waals surface area contributed by atoms with Gasteiger partial charge in [0.15, 0.2) is 11.5 Å².